The number of benzene rings is 2. The number of hydrogen-bond acceptors (Lipinski definition) is 9. The van der Waals surface area contributed by atoms with Gasteiger partial charge in [-0.25, -0.2) is 9.59 Å². The second-order valence-electron chi connectivity index (χ2n) is 7.89. The summed E-state index contributed by atoms with van der Waals surface area (Å²) in [5, 5.41) is 0. The van der Waals surface area contributed by atoms with Crippen LogP contribution in [-0.2, 0) is 23.7 Å². The van der Waals surface area contributed by atoms with E-state index in [2.05, 4.69) is 13.2 Å². The van der Waals surface area contributed by atoms with Crippen LogP contribution in [0.4, 0.5) is 0 Å². The second kappa shape index (κ2) is 18.6. The predicted molar refractivity (Wildman–Crippen MR) is 148 cm³/mol. The molecule has 0 unspecified atom stereocenters. The zero-order valence-corrected chi connectivity index (χ0v) is 22.8. The topological polar surface area (TPSA) is 98.8 Å². The molecule has 0 atom stereocenters. The Kier molecular flexibility index (Phi) is 15.0. The zero-order valence-electron chi connectivity index (χ0n) is 22.8. The van der Waals surface area contributed by atoms with E-state index in [-0.39, 0.29) is 26.4 Å². The van der Waals surface area contributed by atoms with Crippen molar-refractivity contribution in [3.63, 3.8) is 0 Å². The molecule has 2 aromatic rings. The van der Waals surface area contributed by atoms with Crippen LogP contribution in [0.5, 0.6) is 11.5 Å². The van der Waals surface area contributed by atoms with E-state index in [1.807, 2.05) is 12.1 Å². The fourth-order valence-corrected chi connectivity index (χ4v) is 3.30. The molecule has 0 saturated carbocycles. The fourth-order valence-electron chi connectivity index (χ4n) is 3.30. The van der Waals surface area contributed by atoms with Crippen molar-refractivity contribution in [3.8, 4) is 11.5 Å². The van der Waals surface area contributed by atoms with Gasteiger partial charge in [-0.3, -0.25) is 0 Å². The first kappa shape index (κ1) is 31.6. The lowest BCUT2D eigenvalue weighted by Gasteiger charge is -2.12. The fraction of sp³-hybridized carbons (Fsp3) is 0.400. The maximum absolute atomic E-state index is 12.2. The van der Waals surface area contributed by atoms with Crippen LogP contribution in [0.15, 0.2) is 49.6 Å². The van der Waals surface area contributed by atoms with E-state index < -0.39 is 11.9 Å². The minimum atomic E-state index is -0.442. The van der Waals surface area contributed by atoms with E-state index in [0.717, 1.165) is 11.1 Å². The van der Waals surface area contributed by atoms with E-state index in [1.54, 1.807) is 50.3 Å². The molecular formula is C30H38O9. The van der Waals surface area contributed by atoms with Gasteiger partial charge in [0.1, 0.15) is 35.8 Å². The van der Waals surface area contributed by atoms with Gasteiger partial charge in [-0.15, -0.1) is 0 Å². The molecule has 0 saturated heterocycles. The Morgan fingerprint density at radius 2 is 0.974 bits per heavy atom. The number of hydrogen-bond donors (Lipinski definition) is 0. The summed E-state index contributed by atoms with van der Waals surface area (Å²) in [6, 6.07) is 10.4. The third-order valence-corrected chi connectivity index (χ3v) is 5.18. The number of ether oxygens (including phenoxy) is 7. The van der Waals surface area contributed by atoms with Crippen molar-refractivity contribution in [2.24, 2.45) is 0 Å². The van der Waals surface area contributed by atoms with Crippen molar-refractivity contribution < 1.29 is 42.7 Å². The lowest BCUT2D eigenvalue weighted by atomic mass is 10.1. The first-order valence-electron chi connectivity index (χ1n) is 12.9. The van der Waals surface area contributed by atoms with Crippen LogP contribution in [0, 0.1) is 0 Å². The van der Waals surface area contributed by atoms with Crippen LogP contribution in [0.3, 0.4) is 0 Å². The molecule has 39 heavy (non-hydrogen) atoms. The van der Waals surface area contributed by atoms with Crippen molar-refractivity contribution in [1.82, 2.24) is 0 Å². The largest absolute Gasteiger partial charge is 0.490 e. The molecule has 0 aromatic heterocycles. The third-order valence-electron chi connectivity index (χ3n) is 5.18. The van der Waals surface area contributed by atoms with Gasteiger partial charge in [0.05, 0.1) is 52.9 Å². The summed E-state index contributed by atoms with van der Waals surface area (Å²) in [5.74, 6) is -0.0114. The molecular weight excluding hydrogens is 504 g/mol. The molecule has 0 heterocycles. The molecule has 0 fully saturated rings. The number of rotatable bonds is 20. The van der Waals surface area contributed by atoms with Gasteiger partial charge in [0.25, 0.3) is 0 Å². The molecule has 0 radical (unpaired) electrons. The van der Waals surface area contributed by atoms with Crippen LogP contribution >= 0.6 is 0 Å². The Hall–Kier alpha value is -3.66. The standard InChI is InChI=1S/C30H38O9/c1-5-23-9-11-27(25(21-23)29(31)36-7-3)38-19-17-34-15-13-33-14-16-35-18-20-39-28-12-10-24(6-2)22-26(28)30(32)37-8-4/h5-6,9-12,21-22H,1-2,7-8,13-20H2,3-4H3. The smallest absolute Gasteiger partial charge is 0.341 e. The Bertz CT molecular complexity index is 981. The molecule has 212 valence electrons. The lowest BCUT2D eigenvalue weighted by Crippen LogP contribution is -2.15. The predicted octanol–water partition coefficient (Wildman–Crippen LogP) is 4.83. The first-order valence-corrected chi connectivity index (χ1v) is 12.9. The van der Waals surface area contributed by atoms with Crippen molar-refractivity contribution in [2.45, 2.75) is 13.8 Å². The minimum Gasteiger partial charge on any atom is -0.490 e. The number of carbonyl (C=O) groups excluding carboxylic acids is 2. The molecule has 2 aromatic carbocycles. The van der Waals surface area contributed by atoms with Gasteiger partial charge in [-0.1, -0.05) is 37.4 Å². The maximum Gasteiger partial charge on any atom is 0.341 e. The van der Waals surface area contributed by atoms with Gasteiger partial charge in [-0.2, -0.15) is 0 Å². The van der Waals surface area contributed by atoms with E-state index in [4.69, 9.17) is 33.2 Å². The van der Waals surface area contributed by atoms with Crippen LogP contribution in [-0.4, -0.2) is 78.0 Å². The molecule has 0 N–H and O–H groups in total. The highest BCUT2D eigenvalue weighted by atomic mass is 16.6. The third kappa shape index (κ3) is 11.3. The van der Waals surface area contributed by atoms with Gasteiger partial charge < -0.3 is 33.2 Å². The summed E-state index contributed by atoms with van der Waals surface area (Å²) in [7, 11) is 0. The average molecular weight is 543 g/mol. The molecule has 0 bridgehead atoms. The first-order chi connectivity index (χ1) is 19.0. The maximum atomic E-state index is 12.2. The van der Waals surface area contributed by atoms with Gasteiger partial charge in [0, 0.05) is 0 Å². The lowest BCUT2D eigenvalue weighted by molar-refractivity contribution is 0.00481. The second-order valence-corrected chi connectivity index (χ2v) is 7.89. The highest BCUT2D eigenvalue weighted by Crippen LogP contribution is 2.23. The van der Waals surface area contributed by atoms with E-state index in [1.165, 1.54) is 0 Å². The summed E-state index contributed by atoms with van der Waals surface area (Å²) in [6.07, 6.45) is 3.31. The van der Waals surface area contributed by atoms with Crippen LogP contribution in [0.2, 0.25) is 0 Å². The molecule has 2 rings (SSSR count). The summed E-state index contributed by atoms with van der Waals surface area (Å²) < 4.78 is 38.1. The van der Waals surface area contributed by atoms with Gasteiger partial charge in [-0.05, 0) is 49.2 Å². The summed E-state index contributed by atoms with van der Waals surface area (Å²) in [6.45, 7) is 14.3. The van der Waals surface area contributed by atoms with E-state index in [9.17, 15) is 9.59 Å². The van der Waals surface area contributed by atoms with Crippen molar-refractivity contribution >= 4 is 24.1 Å². The van der Waals surface area contributed by atoms with E-state index in [0.29, 0.717) is 62.3 Å². The molecule has 0 amide bonds. The Morgan fingerprint density at radius 3 is 1.31 bits per heavy atom. The summed E-state index contributed by atoms with van der Waals surface area (Å²) in [4.78, 5) is 24.4. The number of esters is 2. The van der Waals surface area contributed by atoms with Crippen molar-refractivity contribution in [2.75, 3.05) is 66.1 Å². The minimum absolute atomic E-state index is 0.275. The highest BCUT2D eigenvalue weighted by Gasteiger charge is 2.15. The van der Waals surface area contributed by atoms with Crippen LogP contribution < -0.4 is 9.47 Å². The SMILES string of the molecule is C=Cc1ccc(OCCOCCOCCOCCOc2ccc(C=C)cc2C(=O)OCC)c(C(=O)OCC)c1. The average Bonchev–Trinajstić information content (AvgIpc) is 2.95. The Labute approximate surface area is 230 Å². The van der Waals surface area contributed by atoms with E-state index >= 15 is 0 Å². The molecule has 0 aliphatic heterocycles. The Morgan fingerprint density at radius 1 is 0.615 bits per heavy atom. The van der Waals surface area contributed by atoms with Gasteiger partial charge in [0.15, 0.2) is 0 Å². The Balaban J connectivity index is 1.55. The normalized spacial score (nSPS) is 10.5. The van der Waals surface area contributed by atoms with Crippen molar-refractivity contribution in [3.05, 3.63) is 71.8 Å². The molecule has 0 aliphatic carbocycles. The summed E-state index contributed by atoms with van der Waals surface area (Å²) >= 11 is 0. The molecule has 9 nitrogen and oxygen atoms in total. The van der Waals surface area contributed by atoms with Gasteiger partial charge >= 0.3 is 11.9 Å². The summed E-state index contributed by atoms with van der Waals surface area (Å²) in [5.41, 5.74) is 2.31. The quantitative estimate of drug-likeness (QED) is 0.172. The molecule has 0 spiro atoms. The van der Waals surface area contributed by atoms with Crippen molar-refractivity contribution in [1.29, 1.82) is 0 Å². The monoisotopic (exact) mass is 542 g/mol. The van der Waals surface area contributed by atoms with Gasteiger partial charge in [0.2, 0.25) is 0 Å². The zero-order chi connectivity index (χ0) is 28.3. The van der Waals surface area contributed by atoms with Crippen LogP contribution in [0.25, 0.3) is 12.2 Å². The highest BCUT2D eigenvalue weighted by molar-refractivity contribution is 5.93. The molecule has 9 heteroatoms. The van der Waals surface area contributed by atoms with Crippen LogP contribution in [0.1, 0.15) is 45.7 Å². The number of carbonyl (C=O) groups is 2. The molecule has 0 aliphatic rings.